The average molecular weight is 305 g/mol. The number of carbonyl (C=O) groups is 1. The molecule has 1 aromatic rings. The highest BCUT2D eigenvalue weighted by Crippen LogP contribution is 2.20. The van der Waals surface area contributed by atoms with Crippen LogP contribution in [-0.2, 0) is 4.74 Å². The molecule has 0 aliphatic heterocycles. The Kier molecular flexibility index (Phi) is 6.23. The molecule has 1 aromatic carbocycles. The van der Waals surface area contributed by atoms with Crippen molar-refractivity contribution in [3.05, 3.63) is 36.0 Å². The van der Waals surface area contributed by atoms with Crippen LogP contribution in [0.1, 0.15) is 45.7 Å². The highest BCUT2D eigenvalue weighted by atomic mass is 16.6. The van der Waals surface area contributed by atoms with Crippen LogP contribution in [0.2, 0.25) is 0 Å². The van der Waals surface area contributed by atoms with E-state index < -0.39 is 11.7 Å². The Bertz CT molecular complexity index is 487. The number of nitrogens with zero attached hydrogens (tertiary/aromatic N) is 1. The number of carbonyl (C=O) groups excluding carboxylic acids is 1. The SMILES string of the molecule is Cc1cccc(C)c1N[C]N(NC(=O)OC(C)(C)C)C(C)C. The summed E-state index contributed by atoms with van der Waals surface area (Å²) in [7, 11) is 0. The molecule has 0 aromatic heterocycles. The number of rotatable bonds is 5. The molecule has 0 saturated carbocycles. The van der Waals surface area contributed by atoms with E-state index >= 15 is 0 Å². The van der Waals surface area contributed by atoms with Crippen LogP contribution < -0.4 is 10.7 Å². The summed E-state index contributed by atoms with van der Waals surface area (Å²) in [6, 6.07) is 6.09. The van der Waals surface area contributed by atoms with Gasteiger partial charge in [0.1, 0.15) is 5.60 Å². The van der Waals surface area contributed by atoms with Crippen LogP contribution in [-0.4, -0.2) is 22.7 Å². The highest BCUT2D eigenvalue weighted by Gasteiger charge is 2.20. The second-order valence-corrected chi connectivity index (χ2v) is 6.58. The lowest BCUT2D eigenvalue weighted by Crippen LogP contribution is -2.47. The third-order valence-electron chi connectivity index (χ3n) is 2.91. The molecule has 5 nitrogen and oxygen atoms in total. The number of para-hydroxylation sites is 1. The first-order chi connectivity index (χ1) is 10.1. The Morgan fingerprint density at radius 3 is 2.23 bits per heavy atom. The van der Waals surface area contributed by atoms with Gasteiger partial charge in [0.15, 0.2) is 6.67 Å². The number of hydrazine groups is 1. The maximum atomic E-state index is 11.9. The van der Waals surface area contributed by atoms with E-state index in [1.165, 1.54) is 0 Å². The highest BCUT2D eigenvalue weighted by molar-refractivity contribution is 5.67. The van der Waals surface area contributed by atoms with Gasteiger partial charge in [0.25, 0.3) is 0 Å². The average Bonchev–Trinajstić information content (AvgIpc) is 2.34. The van der Waals surface area contributed by atoms with Gasteiger partial charge in [-0.3, -0.25) is 5.43 Å². The minimum absolute atomic E-state index is 0.0318. The minimum Gasteiger partial charge on any atom is -0.443 e. The third-order valence-corrected chi connectivity index (χ3v) is 2.91. The van der Waals surface area contributed by atoms with Gasteiger partial charge in [-0.25, -0.2) is 4.79 Å². The van der Waals surface area contributed by atoms with Gasteiger partial charge in [0.05, 0.1) is 0 Å². The standard InChI is InChI=1S/C17H27N3O2/c1-12(2)20(19-16(21)22-17(5,6)7)11-18-15-13(3)9-8-10-14(15)4/h8-10,12,18H,1-7H3,(H,19,21). The fourth-order valence-electron chi connectivity index (χ4n) is 1.81. The number of benzene rings is 1. The van der Waals surface area contributed by atoms with Crippen LogP contribution in [0.4, 0.5) is 10.5 Å². The molecule has 0 bridgehead atoms. The van der Waals surface area contributed by atoms with Crippen molar-refractivity contribution in [1.29, 1.82) is 0 Å². The van der Waals surface area contributed by atoms with Crippen molar-refractivity contribution in [1.82, 2.24) is 10.4 Å². The van der Waals surface area contributed by atoms with Gasteiger partial charge in [-0.2, -0.15) is 5.01 Å². The number of aryl methyl sites for hydroxylation is 2. The normalized spacial score (nSPS) is 11.7. The minimum atomic E-state index is -0.535. The van der Waals surface area contributed by atoms with E-state index in [-0.39, 0.29) is 6.04 Å². The molecule has 0 unspecified atom stereocenters. The first-order valence-electron chi connectivity index (χ1n) is 7.47. The Morgan fingerprint density at radius 2 is 1.77 bits per heavy atom. The van der Waals surface area contributed by atoms with Crippen LogP contribution in [0.5, 0.6) is 0 Å². The lowest BCUT2D eigenvalue weighted by Gasteiger charge is -2.28. The monoisotopic (exact) mass is 305 g/mol. The molecule has 5 heteroatoms. The zero-order valence-electron chi connectivity index (χ0n) is 14.6. The molecule has 2 radical (unpaired) electrons. The summed E-state index contributed by atoms with van der Waals surface area (Å²) in [5, 5.41) is 4.71. The Morgan fingerprint density at radius 1 is 1.23 bits per heavy atom. The molecular formula is C17H27N3O2. The molecule has 0 heterocycles. The molecule has 0 spiro atoms. The molecule has 22 heavy (non-hydrogen) atoms. The molecule has 0 saturated heterocycles. The van der Waals surface area contributed by atoms with E-state index in [0.717, 1.165) is 16.8 Å². The van der Waals surface area contributed by atoms with E-state index in [1.807, 2.05) is 66.7 Å². The van der Waals surface area contributed by atoms with Crippen molar-refractivity contribution in [3.8, 4) is 0 Å². The zero-order valence-corrected chi connectivity index (χ0v) is 14.6. The summed E-state index contributed by atoms with van der Waals surface area (Å²) < 4.78 is 5.26. The predicted octanol–water partition coefficient (Wildman–Crippen LogP) is 3.86. The fourth-order valence-corrected chi connectivity index (χ4v) is 1.81. The van der Waals surface area contributed by atoms with Gasteiger partial charge in [0, 0.05) is 11.7 Å². The molecular weight excluding hydrogens is 278 g/mol. The van der Waals surface area contributed by atoms with Crippen molar-refractivity contribution in [2.45, 2.75) is 60.1 Å². The lowest BCUT2D eigenvalue weighted by atomic mass is 10.1. The fraction of sp³-hybridized carbons (Fsp3) is 0.529. The van der Waals surface area contributed by atoms with Crippen LogP contribution in [0.25, 0.3) is 0 Å². The van der Waals surface area contributed by atoms with Crippen molar-refractivity contribution in [2.24, 2.45) is 0 Å². The van der Waals surface area contributed by atoms with Gasteiger partial charge in [-0.1, -0.05) is 18.2 Å². The number of nitrogens with one attached hydrogen (secondary N) is 2. The number of ether oxygens (including phenoxy) is 1. The van der Waals surface area contributed by atoms with Gasteiger partial charge >= 0.3 is 6.09 Å². The summed E-state index contributed by atoms with van der Waals surface area (Å²) in [5.74, 6) is 0. The van der Waals surface area contributed by atoms with Crippen LogP contribution in [0.15, 0.2) is 18.2 Å². The number of anilines is 1. The first kappa shape index (κ1) is 18.3. The summed E-state index contributed by atoms with van der Waals surface area (Å²) in [5.41, 5.74) is 5.37. The number of amides is 1. The summed E-state index contributed by atoms with van der Waals surface area (Å²) in [6.45, 7) is 16.5. The van der Waals surface area contributed by atoms with E-state index in [0.29, 0.717) is 0 Å². The smallest absolute Gasteiger partial charge is 0.422 e. The quantitative estimate of drug-likeness (QED) is 0.640. The summed E-state index contributed by atoms with van der Waals surface area (Å²) in [4.78, 5) is 11.9. The third kappa shape index (κ3) is 5.93. The Balaban J connectivity index is 2.67. The second-order valence-electron chi connectivity index (χ2n) is 6.58. The topological polar surface area (TPSA) is 53.6 Å². The zero-order chi connectivity index (χ0) is 16.9. The van der Waals surface area contributed by atoms with Crippen molar-refractivity contribution in [3.63, 3.8) is 0 Å². The van der Waals surface area contributed by atoms with E-state index in [4.69, 9.17) is 4.74 Å². The van der Waals surface area contributed by atoms with E-state index in [1.54, 1.807) is 5.01 Å². The predicted molar refractivity (Wildman–Crippen MR) is 89.1 cm³/mol. The summed E-state index contributed by atoms with van der Waals surface area (Å²) in [6.07, 6.45) is -0.503. The maximum Gasteiger partial charge on any atom is 0.422 e. The second kappa shape index (κ2) is 7.49. The first-order valence-corrected chi connectivity index (χ1v) is 7.47. The van der Waals surface area contributed by atoms with Gasteiger partial charge in [0.2, 0.25) is 0 Å². The van der Waals surface area contributed by atoms with Gasteiger partial charge < -0.3 is 10.1 Å². The van der Waals surface area contributed by atoms with E-state index in [2.05, 4.69) is 17.4 Å². The molecule has 0 aliphatic carbocycles. The molecule has 1 rings (SSSR count). The Labute approximate surface area is 134 Å². The molecule has 1 amide bonds. The van der Waals surface area contributed by atoms with Crippen molar-refractivity contribution < 1.29 is 9.53 Å². The van der Waals surface area contributed by atoms with Gasteiger partial charge in [-0.15, -0.1) is 0 Å². The summed E-state index contributed by atoms with van der Waals surface area (Å²) >= 11 is 0. The molecule has 0 aliphatic rings. The van der Waals surface area contributed by atoms with Crippen molar-refractivity contribution >= 4 is 11.8 Å². The van der Waals surface area contributed by atoms with E-state index in [9.17, 15) is 4.79 Å². The molecule has 0 fully saturated rings. The van der Waals surface area contributed by atoms with Crippen LogP contribution in [0.3, 0.4) is 0 Å². The van der Waals surface area contributed by atoms with Crippen LogP contribution >= 0.6 is 0 Å². The number of hydrogen-bond donors (Lipinski definition) is 2. The van der Waals surface area contributed by atoms with Crippen molar-refractivity contribution in [2.75, 3.05) is 5.32 Å². The van der Waals surface area contributed by atoms with Gasteiger partial charge in [-0.05, 0) is 59.6 Å². The molecule has 2 N–H and O–H groups in total. The molecule has 0 atom stereocenters. The largest absolute Gasteiger partial charge is 0.443 e. The number of hydrogen-bond acceptors (Lipinski definition) is 4. The Hall–Kier alpha value is -1.75. The molecule has 122 valence electrons. The van der Waals surface area contributed by atoms with Crippen LogP contribution in [0, 0.1) is 20.5 Å². The lowest BCUT2D eigenvalue weighted by molar-refractivity contribution is 0.0335. The maximum absolute atomic E-state index is 11.9.